The van der Waals surface area contributed by atoms with Gasteiger partial charge in [-0.25, -0.2) is 13.2 Å². The Bertz CT molecular complexity index is 650. The standard InChI is InChI=1S/C12H15NO6S/c1-7-4-8(2)10(5-9(7)12(15)16)20(17,18)13-6-11(14)19-3/h4-5,13H,6H2,1-3H3,(H,15,16). The number of carbonyl (C=O) groups excluding carboxylic acids is 1. The molecule has 0 atom stereocenters. The predicted octanol–water partition coefficient (Wildman–Crippen LogP) is 0.453. The number of aromatic carboxylic acids is 1. The number of ether oxygens (including phenoxy) is 1. The van der Waals surface area contributed by atoms with E-state index in [1.165, 1.54) is 6.07 Å². The minimum atomic E-state index is -3.98. The average Bonchev–Trinajstić information content (AvgIpc) is 2.35. The molecule has 8 heteroatoms. The van der Waals surface area contributed by atoms with Crippen LogP contribution in [-0.4, -0.2) is 39.1 Å². The summed E-state index contributed by atoms with van der Waals surface area (Å²) in [7, 11) is -2.85. The highest BCUT2D eigenvalue weighted by Gasteiger charge is 2.21. The van der Waals surface area contributed by atoms with Crippen LogP contribution >= 0.6 is 0 Å². The number of hydrogen-bond donors (Lipinski definition) is 2. The average molecular weight is 301 g/mol. The summed E-state index contributed by atoms with van der Waals surface area (Å²) < 4.78 is 30.5. The van der Waals surface area contributed by atoms with E-state index in [0.29, 0.717) is 11.1 Å². The fraction of sp³-hybridized carbons (Fsp3) is 0.333. The van der Waals surface area contributed by atoms with Crippen molar-refractivity contribution in [3.05, 3.63) is 28.8 Å². The molecule has 1 rings (SSSR count). The van der Waals surface area contributed by atoms with E-state index >= 15 is 0 Å². The third kappa shape index (κ3) is 3.55. The summed E-state index contributed by atoms with van der Waals surface area (Å²) in [6.07, 6.45) is 0. The second-order valence-electron chi connectivity index (χ2n) is 4.14. The van der Waals surface area contributed by atoms with Gasteiger partial charge in [0, 0.05) is 0 Å². The van der Waals surface area contributed by atoms with E-state index < -0.39 is 28.5 Å². The quantitative estimate of drug-likeness (QED) is 0.764. The maximum atomic E-state index is 12.0. The van der Waals surface area contributed by atoms with Crippen molar-refractivity contribution in [1.29, 1.82) is 0 Å². The van der Waals surface area contributed by atoms with Crippen molar-refractivity contribution in [3.8, 4) is 0 Å². The summed E-state index contributed by atoms with van der Waals surface area (Å²) >= 11 is 0. The Balaban J connectivity index is 3.21. The molecule has 2 N–H and O–H groups in total. The molecule has 0 spiro atoms. The number of sulfonamides is 1. The van der Waals surface area contributed by atoms with Gasteiger partial charge in [-0.15, -0.1) is 0 Å². The lowest BCUT2D eigenvalue weighted by molar-refractivity contribution is -0.139. The molecule has 0 saturated carbocycles. The number of methoxy groups -OCH3 is 1. The number of esters is 1. The smallest absolute Gasteiger partial charge is 0.335 e. The molecular formula is C12H15NO6S. The molecule has 0 aliphatic rings. The SMILES string of the molecule is COC(=O)CNS(=O)(=O)c1cc(C(=O)O)c(C)cc1C. The van der Waals surface area contributed by atoms with Crippen molar-refractivity contribution in [3.63, 3.8) is 0 Å². The van der Waals surface area contributed by atoms with Crippen LogP contribution in [0.2, 0.25) is 0 Å². The van der Waals surface area contributed by atoms with Gasteiger partial charge in [-0.3, -0.25) is 4.79 Å². The number of carboxylic acid groups (broad SMARTS) is 1. The van der Waals surface area contributed by atoms with E-state index in [2.05, 4.69) is 9.46 Å². The van der Waals surface area contributed by atoms with Crippen LogP contribution in [0.4, 0.5) is 0 Å². The van der Waals surface area contributed by atoms with Gasteiger partial charge in [0.05, 0.1) is 17.6 Å². The normalized spacial score (nSPS) is 11.2. The monoisotopic (exact) mass is 301 g/mol. The highest BCUT2D eigenvalue weighted by Crippen LogP contribution is 2.20. The van der Waals surface area contributed by atoms with E-state index in [4.69, 9.17) is 5.11 Å². The van der Waals surface area contributed by atoms with Gasteiger partial charge in [0.2, 0.25) is 10.0 Å². The first-order valence-electron chi connectivity index (χ1n) is 5.60. The molecule has 0 aromatic heterocycles. The number of nitrogens with one attached hydrogen (secondary N) is 1. The van der Waals surface area contributed by atoms with Gasteiger partial charge in [0.25, 0.3) is 0 Å². The number of benzene rings is 1. The topological polar surface area (TPSA) is 110 Å². The fourth-order valence-electron chi connectivity index (χ4n) is 1.66. The number of rotatable bonds is 5. The molecule has 20 heavy (non-hydrogen) atoms. The van der Waals surface area contributed by atoms with Gasteiger partial charge in [-0.05, 0) is 31.0 Å². The second kappa shape index (κ2) is 6.02. The molecule has 0 radical (unpaired) electrons. The molecule has 0 saturated heterocycles. The highest BCUT2D eigenvalue weighted by molar-refractivity contribution is 7.89. The second-order valence-corrected chi connectivity index (χ2v) is 5.87. The zero-order chi connectivity index (χ0) is 15.5. The third-order valence-electron chi connectivity index (χ3n) is 2.68. The third-order valence-corrected chi connectivity index (χ3v) is 4.22. The first kappa shape index (κ1) is 16.1. The summed E-state index contributed by atoms with van der Waals surface area (Å²) in [6.45, 7) is 2.61. The predicted molar refractivity (Wildman–Crippen MR) is 70.1 cm³/mol. The van der Waals surface area contributed by atoms with Gasteiger partial charge in [0.1, 0.15) is 6.54 Å². The van der Waals surface area contributed by atoms with Crippen molar-refractivity contribution in [2.24, 2.45) is 0 Å². The number of carbonyl (C=O) groups is 2. The molecule has 0 heterocycles. The van der Waals surface area contributed by atoms with Crippen molar-refractivity contribution in [2.75, 3.05) is 13.7 Å². The molecule has 0 amide bonds. The molecule has 1 aromatic carbocycles. The molecule has 0 aliphatic heterocycles. The van der Waals surface area contributed by atoms with Gasteiger partial charge in [0.15, 0.2) is 0 Å². The Morgan fingerprint density at radius 1 is 1.25 bits per heavy atom. The summed E-state index contributed by atoms with van der Waals surface area (Å²) in [4.78, 5) is 21.8. The van der Waals surface area contributed by atoms with E-state index in [9.17, 15) is 18.0 Å². The van der Waals surface area contributed by atoms with Crippen LogP contribution in [0, 0.1) is 13.8 Å². The van der Waals surface area contributed by atoms with Crippen LogP contribution in [0.3, 0.4) is 0 Å². The van der Waals surface area contributed by atoms with Gasteiger partial charge >= 0.3 is 11.9 Å². The Labute approximate surface area is 116 Å². The molecule has 1 aromatic rings. The molecule has 0 bridgehead atoms. The van der Waals surface area contributed by atoms with Crippen LogP contribution in [0.1, 0.15) is 21.5 Å². The van der Waals surface area contributed by atoms with Gasteiger partial charge in [-0.1, -0.05) is 6.07 Å². The molecular weight excluding hydrogens is 286 g/mol. The van der Waals surface area contributed by atoms with E-state index in [0.717, 1.165) is 13.2 Å². The molecule has 0 fully saturated rings. The van der Waals surface area contributed by atoms with E-state index in [-0.39, 0.29) is 10.5 Å². The Morgan fingerprint density at radius 3 is 2.35 bits per heavy atom. The summed E-state index contributed by atoms with van der Waals surface area (Å²) in [5.41, 5.74) is 0.751. The Kier molecular flexibility index (Phi) is 4.85. The molecule has 0 unspecified atom stereocenters. The van der Waals surface area contributed by atoms with Crippen LogP contribution in [0.25, 0.3) is 0 Å². The van der Waals surface area contributed by atoms with Gasteiger partial charge < -0.3 is 9.84 Å². The van der Waals surface area contributed by atoms with Crippen LogP contribution in [0.5, 0.6) is 0 Å². The van der Waals surface area contributed by atoms with E-state index in [1.807, 2.05) is 0 Å². The first-order valence-corrected chi connectivity index (χ1v) is 7.08. The highest BCUT2D eigenvalue weighted by atomic mass is 32.2. The summed E-state index contributed by atoms with van der Waals surface area (Å²) in [5, 5.41) is 9.01. The minimum Gasteiger partial charge on any atom is -0.478 e. The van der Waals surface area contributed by atoms with Crippen molar-refractivity contribution in [1.82, 2.24) is 4.72 Å². The lowest BCUT2D eigenvalue weighted by atomic mass is 10.1. The molecule has 7 nitrogen and oxygen atoms in total. The maximum Gasteiger partial charge on any atom is 0.335 e. The van der Waals surface area contributed by atoms with Crippen LogP contribution in [-0.2, 0) is 19.6 Å². The number of hydrogen-bond acceptors (Lipinski definition) is 5. The van der Waals surface area contributed by atoms with Crippen molar-refractivity contribution in [2.45, 2.75) is 18.7 Å². The number of carboxylic acids is 1. The molecule has 110 valence electrons. The number of aryl methyl sites for hydroxylation is 2. The van der Waals surface area contributed by atoms with Crippen molar-refractivity contribution >= 4 is 22.0 Å². The minimum absolute atomic E-state index is 0.103. The fourth-order valence-corrected chi connectivity index (χ4v) is 2.88. The lowest BCUT2D eigenvalue weighted by Gasteiger charge is -2.11. The Hall–Kier alpha value is -1.93. The molecule has 0 aliphatic carbocycles. The Morgan fingerprint density at radius 2 is 1.85 bits per heavy atom. The maximum absolute atomic E-state index is 12.0. The zero-order valence-corrected chi connectivity index (χ0v) is 12.1. The largest absolute Gasteiger partial charge is 0.478 e. The van der Waals surface area contributed by atoms with Crippen LogP contribution < -0.4 is 4.72 Å². The van der Waals surface area contributed by atoms with Crippen molar-refractivity contribution < 1.29 is 27.9 Å². The van der Waals surface area contributed by atoms with Crippen LogP contribution in [0.15, 0.2) is 17.0 Å². The summed E-state index contributed by atoms with van der Waals surface area (Å²) in [6, 6.07) is 2.54. The van der Waals surface area contributed by atoms with E-state index in [1.54, 1.807) is 13.8 Å². The summed E-state index contributed by atoms with van der Waals surface area (Å²) in [5.74, 6) is -1.95. The van der Waals surface area contributed by atoms with Gasteiger partial charge in [-0.2, -0.15) is 4.72 Å². The zero-order valence-electron chi connectivity index (χ0n) is 11.3. The first-order chi connectivity index (χ1) is 9.19. The lowest BCUT2D eigenvalue weighted by Crippen LogP contribution is -2.31.